The predicted molar refractivity (Wildman–Crippen MR) is 69.0 cm³/mol. The van der Waals surface area contributed by atoms with Crippen molar-refractivity contribution in [3.8, 4) is 17.5 Å². The standard InChI is InChI=1S/C12H10N4O2S/c1-7(10(14)17)19-12-16-15-11(18-12)9-4-2-3-8(5-9)6-13/h2-5,7H,1H3,(H2,14,17). The van der Waals surface area contributed by atoms with Crippen molar-refractivity contribution in [2.45, 2.75) is 17.4 Å². The highest BCUT2D eigenvalue weighted by molar-refractivity contribution is 8.00. The molecule has 0 aliphatic rings. The van der Waals surface area contributed by atoms with Gasteiger partial charge < -0.3 is 10.2 Å². The molecule has 1 unspecified atom stereocenters. The van der Waals surface area contributed by atoms with Crippen LogP contribution in [0.15, 0.2) is 33.9 Å². The normalized spacial score (nSPS) is 11.8. The maximum atomic E-state index is 10.9. The summed E-state index contributed by atoms with van der Waals surface area (Å²) in [6, 6.07) is 8.87. The fourth-order valence-corrected chi connectivity index (χ4v) is 1.94. The molecule has 0 saturated carbocycles. The maximum absolute atomic E-state index is 10.9. The van der Waals surface area contributed by atoms with E-state index < -0.39 is 11.2 Å². The van der Waals surface area contributed by atoms with Gasteiger partial charge in [-0.15, -0.1) is 10.2 Å². The van der Waals surface area contributed by atoms with Gasteiger partial charge in [-0.3, -0.25) is 4.79 Å². The van der Waals surface area contributed by atoms with Gasteiger partial charge in [0.1, 0.15) is 0 Å². The van der Waals surface area contributed by atoms with Crippen LogP contribution in [-0.2, 0) is 4.79 Å². The second kappa shape index (κ2) is 5.54. The van der Waals surface area contributed by atoms with Gasteiger partial charge in [0.05, 0.1) is 16.9 Å². The summed E-state index contributed by atoms with van der Waals surface area (Å²) < 4.78 is 5.41. The molecule has 0 radical (unpaired) electrons. The molecule has 96 valence electrons. The minimum absolute atomic E-state index is 0.267. The quantitative estimate of drug-likeness (QED) is 0.848. The Balaban J connectivity index is 2.21. The van der Waals surface area contributed by atoms with Crippen molar-refractivity contribution in [3.05, 3.63) is 29.8 Å². The van der Waals surface area contributed by atoms with E-state index in [-0.39, 0.29) is 5.22 Å². The Hall–Kier alpha value is -2.33. The first kappa shape index (κ1) is 13.1. The van der Waals surface area contributed by atoms with Crippen LogP contribution in [0.5, 0.6) is 0 Å². The van der Waals surface area contributed by atoms with Gasteiger partial charge in [0, 0.05) is 5.56 Å². The van der Waals surface area contributed by atoms with E-state index in [1.807, 2.05) is 6.07 Å². The number of nitrogens with two attached hydrogens (primary N) is 1. The zero-order chi connectivity index (χ0) is 13.8. The van der Waals surface area contributed by atoms with Crippen LogP contribution in [0.4, 0.5) is 0 Å². The second-order valence-electron chi connectivity index (χ2n) is 3.73. The number of aromatic nitrogens is 2. The number of nitrogens with zero attached hydrogens (tertiary/aromatic N) is 3. The number of carbonyl (C=O) groups excluding carboxylic acids is 1. The molecule has 2 aromatic rings. The van der Waals surface area contributed by atoms with E-state index in [0.717, 1.165) is 11.8 Å². The molecule has 0 fully saturated rings. The summed E-state index contributed by atoms with van der Waals surface area (Å²) in [6.45, 7) is 1.66. The van der Waals surface area contributed by atoms with Crippen molar-refractivity contribution in [2.75, 3.05) is 0 Å². The maximum Gasteiger partial charge on any atom is 0.277 e. The average Bonchev–Trinajstić information content (AvgIpc) is 2.87. The lowest BCUT2D eigenvalue weighted by Crippen LogP contribution is -2.22. The summed E-state index contributed by atoms with van der Waals surface area (Å²) in [5, 5.41) is 16.3. The average molecular weight is 274 g/mol. The monoisotopic (exact) mass is 274 g/mol. The van der Waals surface area contributed by atoms with Gasteiger partial charge in [-0.1, -0.05) is 17.8 Å². The molecule has 0 spiro atoms. The van der Waals surface area contributed by atoms with Gasteiger partial charge in [0.25, 0.3) is 5.22 Å². The van der Waals surface area contributed by atoms with E-state index in [1.165, 1.54) is 0 Å². The lowest BCUT2D eigenvalue weighted by atomic mass is 10.1. The van der Waals surface area contributed by atoms with Crippen LogP contribution in [0.2, 0.25) is 0 Å². The zero-order valence-electron chi connectivity index (χ0n) is 10.0. The summed E-state index contributed by atoms with van der Waals surface area (Å²) in [5.74, 6) is -0.146. The number of nitriles is 1. The van der Waals surface area contributed by atoms with E-state index >= 15 is 0 Å². The van der Waals surface area contributed by atoms with Crippen molar-refractivity contribution < 1.29 is 9.21 Å². The van der Waals surface area contributed by atoms with E-state index in [2.05, 4.69) is 10.2 Å². The fraction of sp³-hybridized carbons (Fsp3) is 0.167. The third-order valence-corrected chi connectivity index (χ3v) is 3.28. The SMILES string of the molecule is CC(Sc1nnc(-c2cccc(C#N)c2)o1)C(N)=O. The summed E-state index contributed by atoms with van der Waals surface area (Å²) in [4.78, 5) is 10.9. The highest BCUT2D eigenvalue weighted by Gasteiger charge is 2.16. The number of hydrogen-bond acceptors (Lipinski definition) is 6. The van der Waals surface area contributed by atoms with Crippen molar-refractivity contribution in [3.63, 3.8) is 0 Å². The van der Waals surface area contributed by atoms with Gasteiger partial charge >= 0.3 is 0 Å². The first-order valence-corrected chi connectivity index (χ1v) is 6.28. The topological polar surface area (TPSA) is 106 Å². The molecule has 1 atom stereocenters. The largest absolute Gasteiger partial charge is 0.411 e. The molecular weight excluding hydrogens is 264 g/mol. The molecule has 0 aliphatic heterocycles. The summed E-state index contributed by atoms with van der Waals surface area (Å²) in [5.41, 5.74) is 6.32. The molecule has 7 heteroatoms. The Kier molecular flexibility index (Phi) is 3.82. The van der Waals surface area contributed by atoms with Crippen LogP contribution in [0.3, 0.4) is 0 Å². The van der Waals surface area contributed by atoms with Crippen LogP contribution in [0.25, 0.3) is 11.5 Å². The van der Waals surface area contributed by atoms with E-state index in [0.29, 0.717) is 17.0 Å². The number of benzene rings is 1. The molecular formula is C12H10N4O2S. The molecule has 0 saturated heterocycles. The van der Waals surface area contributed by atoms with Crippen molar-refractivity contribution >= 4 is 17.7 Å². The highest BCUT2D eigenvalue weighted by atomic mass is 32.2. The Morgan fingerprint density at radius 1 is 1.53 bits per heavy atom. The Bertz CT molecular complexity index is 647. The zero-order valence-corrected chi connectivity index (χ0v) is 10.8. The van der Waals surface area contributed by atoms with Gasteiger partial charge in [-0.2, -0.15) is 5.26 Å². The predicted octanol–water partition coefficient (Wildman–Crippen LogP) is 1.57. The molecule has 0 aliphatic carbocycles. The molecule has 1 aromatic carbocycles. The van der Waals surface area contributed by atoms with Crippen LogP contribution in [-0.4, -0.2) is 21.4 Å². The summed E-state index contributed by atoms with van der Waals surface area (Å²) in [6.07, 6.45) is 0. The number of primary amides is 1. The van der Waals surface area contributed by atoms with Crippen LogP contribution in [0, 0.1) is 11.3 Å². The van der Waals surface area contributed by atoms with Crippen LogP contribution < -0.4 is 5.73 Å². The third kappa shape index (κ3) is 3.11. The van der Waals surface area contributed by atoms with Gasteiger partial charge in [0.15, 0.2) is 0 Å². The first-order valence-electron chi connectivity index (χ1n) is 5.40. The molecule has 0 bridgehead atoms. The van der Waals surface area contributed by atoms with Crippen LogP contribution >= 0.6 is 11.8 Å². The van der Waals surface area contributed by atoms with E-state index in [1.54, 1.807) is 31.2 Å². The molecule has 2 rings (SSSR count). The molecule has 1 heterocycles. The minimum Gasteiger partial charge on any atom is -0.411 e. The molecule has 19 heavy (non-hydrogen) atoms. The lowest BCUT2D eigenvalue weighted by Gasteiger charge is -2.01. The first-order chi connectivity index (χ1) is 9.10. The number of carbonyl (C=O) groups is 1. The summed E-state index contributed by atoms with van der Waals surface area (Å²) in [7, 11) is 0. The Morgan fingerprint density at radius 2 is 2.32 bits per heavy atom. The molecule has 1 amide bonds. The highest BCUT2D eigenvalue weighted by Crippen LogP contribution is 2.26. The van der Waals surface area contributed by atoms with E-state index in [4.69, 9.17) is 15.4 Å². The second-order valence-corrected chi connectivity index (χ2v) is 5.02. The molecule has 6 nitrogen and oxygen atoms in total. The smallest absolute Gasteiger partial charge is 0.277 e. The Labute approximate surface area is 113 Å². The number of thioether (sulfide) groups is 1. The Morgan fingerprint density at radius 3 is 3.00 bits per heavy atom. The molecule has 1 aromatic heterocycles. The van der Waals surface area contributed by atoms with E-state index in [9.17, 15) is 4.79 Å². The van der Waals surface area contributed by atoms with Crippen molar-refractivity contribution in [1.29, 1.82) is 5.26 Å². The van der Waals surface area contributed by atoms with Crippen LogP contribution in [0.1, 0.15) is 12.5 Å². The number of amides is 1. The summed E-state index contributed by atoms with van der Waals surface area (Å²) >= 11 is 1.10. The molecule has 2 N–H and O–H groups in total. The van der Waals surface area contributed by atoms with Crippen molar-refractivity contribution in [1.82, 2.24) is 10.2 Å². The fourth-order valence-electron chi connectivity index (χ4n) is 1.31. The number of hydrogen-bond donors (Lipinski definition) is 1. The number of rotatable bonds is 4. The third-order valence-electron chi connectivity index (χ3n) is 2.32. The van der Waals surface area contributed by atoms with Crippen molar-refractivity contribution in [2.24, 2.45) is 5.73 Å². The minimum atomic E-state index is -0.448. The lowest BCUT2D eigenvalue weighted by molar-refractivity contribution is -0.117. The van der Waals surface area contributed by atoms with Gasteiger partial charge in [-0.05, 0) is 25.1 Å². The van der Waals surface area contributed by atoms with Gasteiger partial charge in [0.2, 0.25) is 11.8 Å². The van der Waals surface area contributed by atoms with Gasteiger partial charge in [-0.25, -0.2) is 0 Å².